The SMILES string of the molecule is COc1ccc(S(=O)(=O)Nc2ccc(Nc3nc(N4C[C@H](N)C[C@H](N)C4)nc(N4C[C@H](N)C[C@H](N)C4)n3)cc2O)cc1OC. The number of benzene rings is 2. The molecular formula is C27H39N11O5S. The predicted octanol–water partition coefficient (Wildman–Crippen LogP) is -0.132. The second kappa shape index (κ2) is 12.8. The van der Waals surface area contributed by atoms with Gasteiger partial charge in [0.15, 0.2) is 11.5 Å². The molecule has 238 valence electrons. The average molecular weight is 630 g/mol. The number of phenolic OH excluding ortho intramolecular Hbond substituents is 1. The third kappa shape index (κ3) is 7.13. The number of nitrogens with zero attached hydrogens (tertiary/aromatic N) is 5. The lowest BCUT2D eigenvalue weighted by atomic mass is 10.0. The van der Waals surface area contributed by atoms with Crippen LogP contribution in [0.2, 0.25) is 0 Å². The molecule has 3 aromatic rings. The van der Waals surface area contributed by atoms with Crippen molar-refractivity contribution in [2.24, 2.45) is 22.9 Å². The highest BCUT2D eigenvalue weighted by Gasteiger charge is 2.29. The summed E-state index contributed by atoms with van der Waals surface area (Å²) in [5.41, 5.74) is 25.3. The lowest BCUT2D eigenvalue weighted by Gasteiger charge is -2.37. The van der Waals surface area contributed by atoms with Crippen molar-refractivity contribution in [3.05, 3.63) is 36.4 Å². The lowest BCUT2D eigenvalue weighted by molar-refractivity contribution is 0.354. The summed E-state index contributed by atoms with van der Waals surface area (Å²) in [6, 6.07) is 7.98. The molecule has 5 rings (SSSR count). The maximum absolute atomic E-state index is 13.1. The van der Waals surface area contributed by atoms with E-state index >= 15 is 0 Å². The molecule has 3 heterocycles. The van der Waals surface area contributed by atoms with Crippen LogP contribution < -0.4 is 52.2 Å². The van der Waals surface area contributed by atoms with Crippen molar-refractivity contribution in [1.29, 1.82) is 0 Å². The van der Waals surface area contributed by atoms with Gasteiger partial charge in [-0.1, -0.05) is 0 Å². The number of aromatic nitrogens is 3. The second-order valence-corrected chi connectivity index (χ2v) is 12.7. The summed E-state index contributed by atoms with van der Waals surface area (Å²) >= 11 is 0. The zero-order chi connectivity index (χ0) is 31.6. The minimum Gasteiger partial charge on any atom is -0.506 e. The Morgan fingerprint density at radius 3 is 1.84 bits per heavy atom. The number of nitrogens with two attached hydrogens (primary N) is 4. The second-order valence-electron chi connectivity index (χ2n) is 11.1. The highest BCUT2D eigenvalue weighted by molar-refractivity contribution is 7.92. The van der Waals surface area contributed by atoms with E-state index in [1.54, 1.807) is 6.07 Å². The maximum atomic E-state index is 13.1. The highest BCUT2D eigenvalue weighted by Crippen LogP contribution is 2.33. The van der Waals surface area contributed by atoms with Crippen LogP contribution in [0.1, 0.15) is 12.8 Å². The van der Waals surface area contributed by atoms with Crippen molar-refractivity contribution < 1.29 is 23.0 Å². The fourth-order valence-corrected chi connectivity index (χ4v) is 6.48. The van der Waals surface area contributed by atoms with Gasteiger partial charge >= 0.3 is 0 Å². The molecule has 0 unspecified atom stereocenters. The Balaban J connectivity index is 1.40. The van der Waals surface area contributed by atoms with Crippen LogP contribution in [0.25, 0.3) is 0 Å². The van der Waals surface area contributed by atoms with Gasteiger partial charge in [0, 0.05) is 68.2 Å². The normalized spacial score (nSPS) is 22.4. The van der Waals surface area contributed by atoms with E-state index in [0.29, 0.717) is 62.4 Å². The quantitative estimate of drug-likeness (QED) is 0.152. The summed E-state index contributed by atoms with van der Waals surface area (Å²) < 4.78 is 38.9. The van der Waals surface area contributed by atoms with Crippen LogP contribution in [0, 0.1) is 0 Å². The highest BCUT2D eigenvalue weighted by atomic mass is 32.2. The molecule has 17 heteroatoms. The monoisotopic (exact) mass is 629 g/mol. The van der Waals surface area contributed by atoms with Gasteiger partial charge in [-0.2, -0.15) is 15.0 Å². The molecule has 0 radical (unpaired) electrons. The predicted molar refractivity (Wildman–Crippen MR) is 167 cm³/mol. The van der Waals surface area contributed by atoms with E-state index in [1.807, 2.05) is 9.80 Å². The van der Waals surface area contributed by atoms with Gasteiger partial charge in [0.2, 0.25) is 17.8 Å². The number of piperidine rings is 2. The van der Waals surface area contributed by atoms with Gasteiger partial charge in [-0.05, 0) is 37.1 Å². The number of hydrogen-bond donors (Lipinski definition) is 7. The lowest BCUT2D eigenvalue weighted by Crippen LogP contribution is -2.54. The number of rotatable bonds is 9. The average Bonchev–Trinajstić information content (AvgIpc) is 2.97. The summed E-state index contributed by atoms with van der Waals surface area (Å²) in [5, 5.41) is 13.8. The minimum atomic E-state index is -4.07. The van der Waals surface area contributed by atoms with Crippen molar-refractivity contribution >= 4 is 39.2 Å². The van der Waals surface area contributed by atoms with Gasteiger partial charge in [0.05, 0.1) is 24.8 Å². The van der Waals surface area contributed by atoms with E-state index in [9.17, 15) is 13.5 Å². The van der Waals surface area contributed by atoms with Crippen LogP contribution in [-0.4, -0.2) is 93.0 Å². The zero-order valence-electron chi connectivity index (χ0n) is 24.6. The Kier molecular flexibility index (Phi) is 9.12. The van der Waals surface area contributed by atoms with Crippen LogP contribution in [0.5, 0.6) is 17.2 Å². The first-order chi connectivity index (χ1) is 20.9. The summed E-state index contributed by atoms with van der Waals surface area (Å²) in [6.45, 7) is 2.08. The molecule has 1 aromatic heterocycles. The van der Waals surface area contributed by atoms with Gasteiger partial charge < -0.3 is 52.6 Å². The fourth-order valence-electron chi connectivity index (χ4n) is 5.39. The van der Waals surface area contributed by atoms with E-state index in [-0.39, 0.29) is 52.2 Å². The van der Waals surface area contributed by atoms with Crippen molar-refractivity contribution in [3.63, 3.8) is 0 Å². The Bertz CT molecular complexity index is 1530. The standard InChI is InChI=1S/C27H39N11O5S/c1-42-23-6-4-20(10-24(23)43-2)44(40,41)36-21-5-3-19(9-22(21)39)32-25-33-26(37-11-15(28)7-16(29)12-37)35-27(34-25)38-13-17(30)8-18(31)14-38/h3-6,9-10,15-18,36,39H,7-8,11-14,28-31H2,1-2H3,(H,32,33,34,35)/t15-,16+,17-,18+. The molecule has 11 N–H and O–H groups in total. The van der Waals surface area contributed by atoms with Crippen molar-refractivity contribution in [2.75, 3.05) is 60.2 Å². The number of phenols is 1. The van der Waals surface area contributed by atoms with Crippen LogP contribution >= 0.6 is 0 Å². The van der Waals surface area contributed by atoms with Crippen LogP contribution in [0.15, 0.2) is 41.3 Å². The molecule has 0 aliphatic carbocycles. The molecule has 0 bridgehead atoms. The summed E-state index contributed by atoms with van der Waals surface area (Å²) in [5.74, 6) is 1.28. The number of sulfonamides is 1. The van der Waals surface area contributed by atoms with Gasteiger partial charge in [-0.25, -0.2) is 8.42 Å². The summed E-state index contributed by atoms with van der Waals surface area (Å²) in [4.78, 5) is 17.7. The molecule has 0 spiro atoms. The Morgan fingerprint density at radius 2 is 1.34 bits per heavy atom. The molecule has 44 heavy (non-hydrogen) atoms. The number of ether oxygens (including phenoxy) is 2. The third-order valence-corrected chi connectivity index (χ3v) is 8.73. The van der Waals surface area contributed by atoms with Gasteiger partial charge in [-0.15, -0.1) is 0 Å². The topological polar surface area (TPSA) is 246 Å². The molecular weight excluding hydrogens is 590 g/mol. The van der Waals surface area contributed by atoms with Crippen LogP contribution in [0.3, 0.4) is 0 Å². The molecule has 16 nitrogen and oxygen atoms in total. The largest absolute Gasteiger partial charge is 0.506 e. The molecule has 2 saturated heterocycles. The number of methoxy groups -OCH3 is 2. The fraction of sp³-hybridized carbons (Fsp3) is 0.444. The molecule has 0 amide bonds. The van der Waals surface area contributed by atoms with E-state index in [4.69, 9.17) is 37.4 Å². The molecule has 4 atom stereocenters. The number of anilines is 5. The van der Waals surface area contributed by atoms with Crippen LogP contribution in [0.4, 0.5) is 29.2 Å². The van der Waals surface area contributed by atoms with E-state index in [0.717, 1.165) is 0 Å². The molecule has 0 saturated carbocycles. The third-order valence-electron chi connectivity index (χ3n) is 7.37. The first kappa shape index (κ1) is 31.3. The van der Waals surface area contributed by atoms with E-state index in [2.05, 4.69) is 20.0 Å². The molecule has 2 aromatic carbocycles. The van der Waals surface area contributed by atoms with Gasteiger partial charge in [0.1, 0.15) is 5.75 Å². The summed E-state index contributed by atoms with van der Waals surface area (Å²) in [7, 11) is -1.21. The zero-order valence-corrected chi connectivity index (χ0v) is 25.4. The van der Waals surface area contributed by atoms with Crippen LogP contribution in [-0.2, 0) is 10.0 Å². The van der Waals surface area contributed by atoms with E-state index < -0.39 is 10.0 Å². The van der Waals surface area contributed by atoms with Gasteiger partial charge in [0.25, 0.3) is 10.0 Å². The summed E-state index contributed by atoms with van der Waals surface area (Å²) in [6.07, 6.45) is 1.38. The number of aromatic hydroxyl groups is 1. The molecule has 2 aliphatic rings. The Morgan fingerprint density at radius 1 is 0.795 bits per heavy atom. The smallest absolute Gasteiger partial charge is 0.262 e. The molecule has 2 fully saturated rings. The van der Waals surface area contributed by atoms with Gasteiger partial charge in [-0.3, -0.25) is 4.72 Å². The maximum Gasteiger partial charge on any atom is 0.262 e. The van der Waals surface area contributed by atoms with Crippen molar-refractivity contribution in [1.82, 2.24) is 15.0 Å². The minimum absolute atomic E-state index is 0.0325. The first-order valence-electron chi connectivity index (χ1n) is 14.1. The van der Waals surface area contributed by atoms with Crippen molar-refractivity contribution in [3.8, 4) is 17.2 Å². The Labute approximate surface area is 255 Å². The number of hydrogen-bond acceptors (Lipinski definition) is 15. The van der Waals surface area contributed by atoms with Crippen molar-refractivity contribution in [2.45, 2.75) is 41.9 Å². The molecule has 2 aliphatic heterocycles. The Hall–Kier alpha value is -4.16. The number of nitrogens with one attached hydrogen (secondary N) is 2. The van der Waals surface area contributed by atoms with E-state index in [1.165, 1.54) is 44.6 Å². The first-order valence-corrected chi connectivity index (χ1v) is 15.6.